The van der Waals surface area contributed by atoms with Gasteiger partial charge in [0.2, 0.25) is 0 Å². The van der Waals surface area contributed by atoms with E-state index in [9.17, 15) is 0 Å². The molecule has 0 unspecified atom stereocenters. The number of amidine groups is 1. The molecule has 4 N–H and O–H groups in total. The van der Waals surface area contributed by atoms with E-state index in [0.717, 1.165) is 0 Å². The summed E-state index contributed by atoms with van der Waals surface area (Å²) < 4.78 is 0. The monoisotopic (exact) mass is 154 g/mol. The van der Waals surface area contributed by atoms with Gasteiger partial charge in [0.25, 0.3) is 0 Å². The molecule has 6 nitrogen and oxygen atoms in total. The maximum Gasteiger partial charge on any atom is 0.165 e. The van der Waals surface area contributed by atoms with Gasteiger partial charge in [-0.05, 0) is 0 Å². The van der Waals surface area contributed by atoms with Gasteiger partial charge in [-0.1, -0.05) is 6.08 Å². The normalized spacial score (nSPS) is 15.6. The molecule has 0 aromatic heterocycles. The first-order valence-corrected chi connectivity index (χ1v) is 3.10. The molecule has 60 valence electrons. The second-order valence-corrected chi connectivity index (χ2v) is 1.84. The lowest BCUT2D eigenvalue weighted by molar-refractivity contribution is 0.128. The Morgan fingerprint density at radius 3 is 3.27 bits per heavy atom. The largest absolute Gasteiger partial charge is 0.381 e. The summed E-state index contributed by atoms with van der Waals surface area (Å²) in [7, 11) is 0. The minimum Gasteiger partial charge on any atom is -0.381 e. The van der Waals surface area contributed by atoms with Crippen LogP contribution in [-0.2, 0) is 0 Å². The van der Waals surface area contributed by atoms with Crippen LogP contribution in [0, 0.1) is 0 Å². The fourth-order valence-electron chi connectivity index (χ4n) is 0.504. The first-order valence-electron chi connectivity index (χ1n) is 3.10. The van der Waals surface area contributed by atoms with E-state index >= 15 is 0 Å². The van der Waals surface area contributed by atoms with Crippen LogP contribution < -0.4 is 16.7 Å². The third-order valence-corrected chi connectivity index (χ3v) is 0.965. The smallest absolute Gasteiger partial charge is 0.165 e. The molecule has 0 fully saturated rings. The second-order valence-electron chi connectivity index (χ2n) is 1.84. The van der Waals surface area contributed by atoms with Crippen molar-refractivity contribution in [1.82, 2.24) is 16.2 Å². The molecule has 1 rings (SSSR count). The molecule has 0 saturated heterocycles. The molecule has 0 radical (unpaired) electrons. The number of hydrazone groups is 2. The quantitative estimate of drug-likeness (QED) is 0.444. The van der Waals surface area contributed by atoms with Gasteiger partial charge in [0.15, 0.2) is 5.84 Å². The van der Waals surface area contributed by atoms with E-state index in [0.29, 0.717) is 12.4 Å². The summed E-state index contributed by atoms with van der Waals surface area (Å²) in [5.41, 5.74) is 10.7. The molecule has 11 heavy (non-hydrogen) atoms. The van der Waals surface area contributed by atoms with Gasteiger partial charge in [0.1, 0.15) is 0 Å². The van der Waals surface area contributed by atoms with E-state index in [1.807, 2.05) is 0 Å². The average Bonchev–Trinajstić information content (AvgIpc) is 2.04. The minimum absolute atomic E-state index is 0.349. The van der Waals surface area contributed by atoms with E-state index < -0.39 is 0 Å². The van der Waals surface area contributed by atoms with Gasteiger partial charge in [-0.15, -0.1) is 22.0 Å². The van der Waals surface area contributed by atoms with Crippen molar-refractivity contribution in [2.45, 2.75) is 0 Å². The Kier molecular flexibility index (Phi) is 2.45. The van der Waals surface area contributed by atoms with Crippen molar-refractivity contribution in [2.75, 3.05) is 6.54 Å². The van der Waals surface area contributed by atoms with Crippen LogP contribution in [0.4, 0.5) is 0 Å². The van der Waals surface area contributed by atoms with Crippen LogP contribution >= 0.6 is 0 Å². The van der Waals surface area contributed by atoms with Crippen molar-refractivity contribution in [3.8, 4) is 0 Å². The van der Waals surface area contributed by atoms with Crippen LogP contribution in [0.5, 0.6) is 0 Å². The zero-order valence-corrected chi connectivity index (χ0v) is 5.99. The first kappa shape index (κ1) is 7.55. The zero-order chi connectivity index (χ0) is 8.10. The number of hydrazine groups is 2. The highest BCUT2D eigenvalue weighted by molar-refractivity contribution is 6.28. The number of rotatable bonds is 3. The highest BCUT2D eigenvalue weighted by Crippen LogP contribution is 1.81. The number of hydrogen-bond acceptors (Lipinski definition) is 6. The standard InChI is InChI=1S/C5H10N6/c1-2-3-7-11-8-4-5(6)9-10-11/h2,4,7,10H,1,3H2,(H2,6,9). The Balaban J connectivity index is 2.31. The molecule has 0 aromatic carbocycles. The molecule has 0 aromatic rings. The molecule has 0 amide bonds. The third-order valence-electron chi connectivity index (χ3n) is 0.965. The third kappa shape index (κ3) is 2.26. The molecule has 6 heteroatoms. The number of nitrogens with one attached hydrogen (secondary N) is 2. The van der Waals surface area contributed by atoms with Gasteiger partial charge < -0.3 is 5.73 Å². The second kappa shape index (κ2) is 3.57. The van der Waals surface area contributed by atoms with Crippen molar-refractivity contribution >= 4 is 12.1 Å². The molecular weight excluding hydrogens is 144 g/mol. The van der Waals surface area contributed by atoms with Gasteiger partial charge in [-0.2, -0.15) is 11.0 Å². The van der Waals surface area contributed by atoms with E-state index in [4.69, 9.17) is 5.73 Å². The summed E-state index contributed by atoms with van der Waals surface area (Å²) in [5.74, 6) is 0.349. The Morgan fingerprint density at radius 1 is 1.91 bits per heavy atom. The topological polar surface area (TPSA) is 78.0 Å². The number of hydrogen-bond donors (Lipinski definition) is 3. The molecule has 0 saturated carbocycles. The summed E-state index contributed by atoms with van der Waals surface area (Å²) in [4.78, 5) is 0. The number of nitrogens with zero attached hydrogens (tertiary/aromatic N) is 3. The predicted octanol–water partition coefficient (Wildman–Crippen LogP) is -1.24. The van der Waals surface area contributed by atoms with E-state index in [1.54, 1.807) is 6.08 Å². The highest BCUT2D eigenvalue weighted by Gasteiger charge is 2.00. The summed E-state index contributed by atoms with van der Waals surface area (Å²) in [6, 6.07) is 0. The van der Waals surface area contributed by atoms with Gasteiger partial charge in [0.05, 0.1) is 6.21 Å². The van der Waals surface area contributed by atoms with Crippen LogP contribution in [0.2, 0.25) is 0 Å². The molecule has 0 aliphatic carbocycles. The molecule has 1 aliphatic rings. The maximum atomic E-state index is 5.29. The van der Waals surface area contributed by atoms with Crippen molar-refractivity contribution in [2.24, 2.45) is 15.9 Å². The van der Waals surface area contributed by atoms with Crippen LogP contribution in [0.3, 0.4) is 0 Å². The Labute approximate surface area is 64.4 Å². The van der Waals surface area contributed by atoms with Crippen LogP contribution in [0.15, 0.2) is 22.9 Å². The van der Waals surface area contributed by atoms with Gasteiger partial charge in [0, 0.05) is 6.54 Å². The van der Waals surface area contributed by atoms with E-state index in [-0.39, 0.29) is 0 Å². The van der Waals surface area contributed by atoms with Gasteiger partial charge >= 0.3 is 0 Å². The van der Waals surface area contributed by atoms with Crippen molar-refractivity contribution < 1.29 is 0 Å². The van der Waals surface area contributed by atoms with Crippen LogP contribution in [0.25, 0.3) is 0 Å². The molecule has 0 spiro atoms. The lowest BCUT2D eigenvalue weighted by Gasteiger charge is -2.19. The van der Waals surface area contributed by atoms with E-state index in [2.05, 4.69) is 27.7 Å². The summed E-state index contributed by atoms with van der Waals surface area (Å²) in [6.45, 7) is 4.14. The van der Waals surface area contributed by atoms with Gasteiger partial charge in [-0.3, -0.25) is 0 Å². The average molecular weight is 154 g/mol. The molecule has 0 atom stereocenters. The molecule has 1 heterocycles. The lowest BCUT2D eigenvalue weighted by Crippen LogP contribution is -2.45. The minimum atomic E-state index is 0.349. The molecule has 1 aliphatic heterocycles. The fraction of sp³-hybridized carbons (Fsp3) is 0.200. The zero-order valence-electron chi connectivity index (χ0n) is 5.99. The SMILES string of the molecule is C=CCNN1N=CC(N)=NN1. The van der Waals surface area contributed by atoms with Crippen LogP contribution in [0.1, 0.15) is 0 Å². The number of nitrogens with two attached hydrogens (primary N) is 1. The van der Waals surface area contributed by atoms with Crippen LogP contribution in [-0.4, -0.2) is 23.8 Å². The molecular formula is C5H10N6. The summed E-state index contributed by atoms with van der Waals surface area (Å²) >= 11 is 0. The summed E-state index contributed by atoms with van der Waals surface area (Å²) in [6.07, 6.45) is 3.14. The summed E-state index contributed by atoms with van der Waals surface area (Å²) in [5, 5.41) is 8.86. The van der Waals surface area contributed by atoms with Crippen molar-refractivity contribution in [3.63, 3.8) is 0 Å². The fourth-order valence-corrected chi connectivity index (χ4v) is 0.504. The predicted molar refractivity (Wildman–Crippen MR) is 43.3 cm³/mol. The maximum absolute atomic E-state index is 5.29. The Morgan fingerprint density at radius 2 is 2.73 bits per heavy atom. The van der Waals surface area contributed by atoms with Gasteiger partial charge in [-0.25, -0.2) is 0 Å². The Bertz CT molecular complexity index is 195. The highest BCUT2D eigenvalue weighted by atomic mass is 15.9. The molecule has 0 bridgehead atoms. The van der Waals surface area contributed by atoms with Crippen molar-refractivity contribution in [1.29, 1.82) is 0 Å². The lowest BCUT2D eigenvalue weighted by atomic mass is 10.7. The van der Waals surface area contributed by atoms with E-state index in [1.165, 1.54) is 11.4 Å². The first-order chi connectivity index (χ1) is 5.33. The van der Waals surface area contributed by atoms with Crippen molar-refractivity contribution in [3.05, 3.63) is 12.7 Å². The Hall–Kier alpha value is -1.56.